The molecule has 21 heavy (non-hydrogen) atoms. The number of sulfonamides is 1. The largest absolute Gasteiger partial charge is 0.313 e. The zero-order valence-corrected chi connectivity index (χ0v) is 14.6. The van der Waals surface area contributed by atoms with Crippen LogP contribution in [0.25, 0.3) is 0 Å². The molecular formula is C15H26N2O2S2. The minimum absolute atomic E-state index is 0.483. The summed E-state index contributed by atoms with van der Waals surface area (Å²) >= 11 is 1.34. The van der Waals surface area contributed by atoms with Crippen LogP contribution in [0.2, 0.25) is 0 Å². The molecule has 1 aliphatic rings. The maximum atomic E-state index is 12.7. The Kier molecular flexibility index (Phi) is 6.22. The smallest absolute Gasteiger partial charge is 0.252 e. The summed E-state index contributed by atoms with van der Waals surface area (Å²) in [5, 5.41) is 5.26. The van der Waals surface area contributed by atoms with E-state index in [1.807, 2.05) is 18.4 Å². The van der Waals surface area contributed by atoms with Gasteiger partial charge in [-0.2, -0.15) is 4.31 Å². The second-order valence-electron chi connectivity index (χ2n) is 5.70. The number of rotatable bonds is 9. The molecule has 1 aromatic rings. The fourth-order valence-electron chi connectivity index (χ4n) is 2.48. The maximum absolute atomic E-state index is 12.7. The molecule has 2 rings (SSSR count). The summed E-state index contributed by atoms with van der Waals surface area (Å²) in [6.07, 6.45) is 4.67. The molecule has 0 saturated heterocycles. The lowest BCUT2D eigenvalue weighted by molar-refractivity contribution is 0.250. The van der Waals surface area contributed by atoms with Crippen molar-refractivity contribution in [1.82, 2.24) is 9.62 Å². The molecule has 0 amide bonds. The fraction of sp³-hybridized carbons (Fsp3) is 0.733. The SMILES string of the molecule is CCCNCc1csc(S(=O)(=O)N(CC)CC2CCC2)c1. The molecule has 0 atom stereocenters. The Morgan fingerprint density at radius 2 is 2.14 bits per heavy atom. The molecule has 0 unspecified atom stereocenters. The quantitative estimate of drug-likeness (QED) is 0.708. The van der Waals surface area contributed by atoms with Crippen molar-refractivity contribution in [3.8, 4) is 0 Å². The van der Waals surface area contributed by atoms with E-state index < -0.39 is 10.0 Å². The van der Waals surface area contributed by atoms with Crippen LogP contribution in [-0.2, 0) is 16.6 Å². The van der Waals surface area contributed by atoms with Crippen LogP contribution in [0.4, 0.5) is 0 Å². The predicted octanol–water partition coefficient (Wildman–Crippen LogP) is 3.06. The molecule has 0 bridgehead atoms. The lowest BCUT2D eigenvalue weighted by Gasteiger charge is -2.30. The van der Waals surface area contributed by atoms with Crippen molar-refractivity contribution in [3.05, 3.63) is 17.0 Å². The molecule has 1 aromatic heterocycles. The first kappa shape index (κ1) is 16.9. The fourth-order valence-corrected chi connectivity index (χ4v) is 5.37. The van der Waals surface area contributed by atoms with Crippen LogP contribution < -0.4 is 5.32 Å². The van der Waals surface area contributed by atoms with Gasteiger partial charge in [-0.15, -0.1) is 11.3 Å². The van der Waals surface area contributed by atoms with E-state index in [2.05, 4.69) is 12.2 Å². The molecule has 0 radical (unpaired) electrons. The summed E-state index contributed by atoms with van der Waals surface area (Å²) in [6.45, 7) is 6.99. The Labute approximate surface area is 132 Å². The zero-order valence-electron chi connectivity index (χ0n) is 13.0. The van der Waals surface area contributed by atoms with E-state index in [-0.39, 0.29) is 0 Å². The van der Waals surface area contributed by atoms with Gasteiger partial charge in [-0.25, -0.2) is 8.42 Å². The molecule has 0 spiro atoms. The minimum atomic E-state index is -3.31. The Hall–Kier alpha value is -0.430. The van der Waals surface area contributed by atoms with Gasteiger partial charge in [0.2, 0.25) is 0 Å². The third-order valence-electron chi connectivity index (χ3n) is 4.02. The topological polar surface area (TPSA) is 49.4 Å². The highest BCUT2D eigenvalue weighted by Crippen LogP contribution is 2.30. The van der Waals surface area contributed by atoms with Crippen LogP contribution in [0.3, 0.4) is 0 Å². The molecule has 4 nitrogen and oxygen atoms in total. The van der Waals surface area contributed by atoms with Crippen LogP contribution in [-0.4, -0.2) is 32.4 Å². The summed E-state index contributed by atoms with van der Waals surface area (Å²) in [7, 11) is -3.31. The lowest BCUT2D eigenvalue weighted by atomic mass is 9.85. The third-order valence-corrected chi connectivity index (χ3v) is 7.42. The molecule has 1 heterocycles. The summed E-state index contributed by atoms with van der Waals surface area (Å²) < 4.78 is 27.5. The molecule has 0 aromatic carbocycles. The van der Waals surface area contributed by atoms with Gasteiger partial charge < -0.3 is 5.32 Å². The highest BCUT2D eigenvalue weighted by atomic mass is 32.2. The third kappa shape index (κ3) is 4.28. The summed E-state index contributed by atoms with van der Waals surface area (Å²) in [4.78, 5) is 0. The predicted molar refractivity (Wildman–Crippen MR) is 88.1 cm³/mol. The van der Waals surface area contributed by atoms with Crippen LogP contribution in [0.15, 0.2) is 15.7 Å². The molecule has 1 fully saturated rings. The van der Waals surface area contributed by atoms with Crippen LogP contribution >= 0.6 is 11.3 Å². The molecule has 1 saturated carbocycles. The summed E-state index contributed by atoms with van der Waals surface area (Å²) in [6, 6.07) is 1.83. The Morgan fingerprint density at radius 3 is 2.71 bits per heavy atom. The van der Waals surface area contributed by atoms with E-state index in [1.54, 1.807) is 4.31 Å². The highest BCUT2D eigenvalue weighted by Gasteiger charge is 2.29. The minimum Gasteiger partial charge on any atom is -0.313 e. The Morgan fingerprint density at radius 1 is 1.38 bits per heavy atom. The number of hydrogen-bond donors (Lipinski definition) is 1. The molecule has 0 aliphatic heterocycles. The van der Waals surface area contributed by atoms with Crippen molar-refractivity contribution in [2.45, 2.75) is 50.3 Å². The summed E-state index contributed by atoms with van der Waals surface area (Å²) in [5.41, 5.74) is 1.06. The van der Waals surface area contributed by atoms with Crippen LogP contribution in [0.5, 0.6) is 0 Å². The van der Waals surface area contributed by atoms with Crippen molar-refractivity contribution < 1.29 is 8.42 Å². The number of nitrogens with one attached hydrogen (secondary N) is 1. The van der Waals surface area contributed by atoms with Crippen molar-refractivity contribution in [1.29, 1.82) is 0 Å². The number of thiophene rings is 1. The Balaban J connectivity index is 2.02. The first-order valence-electron chi connectivity index (χ1n) is 7.86. The van der Waals surface area contributed by atoms with Gasteiger partial charge >= 0.3 is 0 Å². The molecule has 1 aliphatic carbocycles. The van der Waals surface area contributed by atoms with Crippen molar-refractivity contribution in [3.63, 3.8) is 0 Å². The van der Waals surface area contributed by atoms with E-state index in [1.165, 1.54) is 30.6 Å². The second kappa shape index (κ2) is 7.72. The van der Waals surface area contributed by atoms with Gasteiger partial charge in [0.25, 0.3) is 10.0 Å². The summed E-state index contributed by atoms with van der Waals surface area (Å²) in [5.74, 6) is 0.561. The highest BCUT2D eigenvalue weighted by molar-refractivity contribution is 7.91. The van der Waals surface area contributed by atoms with Crippen molar-refractivity contribution in [2.24, 2.45) is 5.92 Å². The van der Waals surface area contributed by atoms with Gasteiger partial charge in [0.1, 0.15) is 4.21 Å². The molecular weight excluding hydrogens is 304 g/mol. The van der Waals surface area contributed by atoms with Gasteiger partial charge in [0.15, 0.2) is 0 Å². The second-order valence-corrected chi connectivity index (χ2v) is 8.78. The average molecular weight is 331 g/mol. The van der Waals surface area contributed by atoms with Crippen molar-refractivity contribution >= 4 is 21.4 Å². The van der Waals surface area contributed by atoms with Gasteiger partial charge in [-0.1, -0.05) is 20.3 Å². The monoisotopic (exact) mass is 330 g/mol. The first-order valence-corrected chi connectivity index (χ1v) is 10.2. The number of hydrogen-bond acceptors (Lipinski definition) is 4. The lowest BCUT2D eigenvalue weighted by Crippen LogP contribution is -2.36. The standard InChI is InChI=1S/C15H26N2O2S2/c1-3-8-16-10-14-9-15(20-12-14)21(18,19)17(4-2)11-13-6-5-7-13/h9,12-13,16H,3-8,10-11H2,1-2H3. The first-order chi connectivity index (χ1) is 10.1. The van der Waals surface area contributed by atoms with E-state index in [9.17, 15) is 8.42 Å². The van der Waals surface area contributed by atoms with Gasteiger partial charge in [-0.3, -0.25) is 0 Å². The van der Waals surface area contributed by atoms with Gasteiger partial charge in [-0.05, 0) is 48.7 Å². The van der Waals surface area contributed by atoms with E-state index >= 15 is 0 Å². The van der Waals surface area contributed by atoms with Crippen molar-refractivity contribution in [2.75, 3.05) is 19.6 Å². The number of nitrogens with zero attached hydrogens (tertiary/aromatic N) is 1. The van der Waals surface area contributed by atoms with E-state index in [4.69, 9.17) is 0 Å². The Bertz CT molecular complexity index is 536. The van der Waals surface area contributed by atoms with Crippen LogP contribution in [0, 0.1) is 5.92 Å². The van der Waals surface area contributed by atoms with Crippen LogP contribution in [0.1, 0.15) is 45.1 Å². The molecule has 120 valence electrons. The zero-order chi connectivity index (χ0) is 15.3. The van der Waals surface area contributed by atoms with Gasteiger partial charge in [0, 0.05) is 19.6 Å². The normalized spacial score (nSPS) is 16.3. The van der Waals surface area contributed by atoms with E-state index in [0.717, 1.165) is 25.1 Å². The molecule has 6 heteroatoms. The van der Waals surface area contributed by atoms with E-state index in [0.29, 0.717) is 23.2 Å². The van der Waals surface area contributed by atoms with Gasteiger partial charge in [0.05, 0.1) is 0 Å². The maximum Gasteiger partial charge on any atom is 0.252 e. The molecule has 1 N–H and O–H groups in total. The average Bonchev–Trinajstić information content (AvgIpc) is 2.87.